The van der Waals surface area contributed by atoms with Crippen LogP contribution in [0.4, 0.5) is 13.2 Å². The first-order valence-electron chi connectivity index (χ1n) is 7.76. The van der Waals surface area contributed by atoms with Crippen molar-refractivity contribution in [2.45, 2.75) is 30.5 Å². The van der Waals surface area contributed by atoms with Gasteiger partial charge in [0.1, 0.15) is 0 Å². The van der Waals surface area contributed by atoms with Crippen molar-refractivity contribution < 1.29 is 26.4 Å². The number of hydrogen-bond acceptors (Lipinski definition) is 4. The molecule has 2 unspecified atom stereocenters. The SMILES string of the molecule is CC1CNCCC1NC(=O)CNS(=O)(=O)c1cccc(C(F)(F)F)c1.Cl. The zero-order valence-electron chi connectivity index (χ0n) is 14.0. The van der Waals surface area contributed by atoms with Gasteiger partial charge in [-0.3, -0.25) is 4.79 Å². The second kappa shape index (κ2) is 9.03. The molecule has 0 bridgehead atoms. The lowest BCUT2D eigenvalue weighted by molar-refractivity contribution is -0.137. The lowest BCUT2D eigenvalue weighted by Gasteiger charge is -2.30. The summed E-state index contributed by atoms with van der Waals surface area (Å²) >= 11 is 0. The van der Waals surface area contributed by atoms with Gasteiger partial charge in [-0.05, 0) is 43.6 Å². The largest absolute Gasteiger partial charge is 0.416 e. The van der Waals surface area contributed by atoms with E-state index in [0.29, 0.717) is 6.07 Å². The maximum atomic E-state index is 12.7. The summed E-state index contributed by atoms with van der Waals surface area (Å²) in [7, 11) is -4.22. The average Bonchev–Trinajstić information content (AvgIpc) is 2.55. The van der Waals surface area contributed by atoms with Gasteiger partial charge in [0.25, 0.3) is 0 Å². The second-order valence-electron chi connectivity index (χ2n) is 5.99. The summed E-state index contributed by atoms with van der Waals surface area (Å²) in [6.07, 6.45) is -3.92. The Hall–Kier alpha value is -1.36. The van der Waals surface area contributed by atoms with Crippen molar-refractivity contribution in [2.24, 2.45) is 5.92 Å². The van der Waals surface area contributed by atoms with Gasteiger partial charge in [-0.15, -0.1) is 12.4 Å². The molecule has 0 saturated carbocycles. The van der Waals surface area contributed by atoms with Gasteiger partial charge >= 0.3 is 6.18 Å². The zero-order chi connectivity index (χ0) is 18.7. The lowest BCUT2D eigenvalue weighted by atomic mass is 9.95. The molecule has 2 rings (SSSR count). The van der Waals surface area contributed by atoms with Crippen LogP contribution in [0.3, 0.4) is 0 Å². The molecule has 1 aromatic carbocycles. The van der Waals surface area contributed by atoms with Gasteiger partial charge in [0, 0.05) is 6.04 Å². The van der Waals surface area contributed by atoms with Gasteiger partial charge in [-0.1, -0.05) is 13.0 Å². The Morgan fingerprint density at radius 3 is 2.65 bits per heavy atom. The monoisotopic (exact) mass is 415 g/mol. The van der Waals surface area contributed by atoms with E-state index in [2.05, 4.69) is 10.6 Å². The van der Waals surface area contributed by atoms with Crippen molar-refractivity contribution in [3.8, 4) is 0 Å². The fourth-order valence-electron chi connectivity index (χ4n) is 2.57. The number of piperidine rings is 1. The Morgan fingerprint density at radius 2 is 2.04 bits per heavy atom. The molecule has 0 aromatic heterocycles. The van der Waals surface area contributed by atoms with Crippen LogP contribution >= 0.6 is 12.4 Å². The Bertz CT molecular complexity index is 728. The fourth-order valence-corrected chi connectivity index (χ4v) is 3.60. The van der Waals surface area contributed by atoms with Crippen LogP contribution in [0.25, 0.3) is 0 Å². The van der Waals surface area contributed by atoms with Crippen LogP contribution in [0.15, 0.2) is 29.2 Å². The standard InChI is InChI=1S/C15H20F3N3O3S.ClH/c1-10-8-19-6-5-13(10)21-14(22)9-20-25(23,24)12-4-2-3-11(7-12)15(16,17)18;/h2-4,7,10,13,19-20H,5-6,8-9H2,1H3,(H,21,22);1H. The summed E-state index contributed by atoms with van der Waals surface area (Å²) < 4.78 is 64.3. The summed E-state index contributed by atoms with van der Waals surface area (Å²) in [4.78, 5) is 11.4. The van der Waals surface area contributed by atoms with Crippen LogP contribution in [-0.4, -0.2) is 40.0 Å². The molecule has 1 heterocycles. The van der Waals surface area contributed by atoms with Crippen molar-refractivity contribution >= 4 is 28.3 Å². The summed E-state index contributed by atoms with van der Waals surface area (Å²) in [5.74, 6) is -0.313. The number of sulfonamides is 1. The van der Waals surface area contributed by atoms with E-state index in [0.717, 1.165) is 37.7 Å². The van der Waals surface area contributed by atoms with Gasteiger partial charge in [-0.2, -0.15) is 13.2 Å². The maximum absolute atomic E-state index is 12.7. The van der Waals surface area contributed by atoms with Crippen molar-refractivity contribution in [3.63, 3.8) is 0 Å². The molecule has 3 N–H and O–H groups in total. The predicted octanol–water partition coefficient (Wildman–Crippen LogP) is 1.52. The molecule has 1 saturated heterocycles. The highest BCUT2D eigenvalue weighted by atomic mass is 35.5. The predicted molar refractivity (Wildman–Crippen MR) is 92.5 cm³/mol. The molecule has 1 fully saturated rings. The number of alkyl halides is 3. The minimum atomic E-state index is -4.64. The minimum absolute atomic E-state index is 0. The number of nitrogens with one attached hydrogen (secondary N) is 3. The highest BCUT2D eigenvalue weighted by molar-refractivity contribution is 7.89. The molecule has 6 nitrogen and oxygen atoms in total. The number of benzene rings is 1. The van der Waals surface area contributed by atoms with E-state index in [4.69, 9.17) is 0 Å². The Kier molecular flexibility index (Phi) is 7.87. The smallest absolute Gasteiger partial charge is 0.352 e. The van der Waals surface area contributed by atoms with E-state index in [1.807, 2.05) is 11.6 Å². The summed E-state index contributed by atoms with van der Waals surface area (Å²) in [5.41, 5.74) is -1.07. The minimum Gasteiger partial charge on any atom is -0.352 e. The van der Waals surface area contributed by atoms with Crippen molar-refractivity contribution in [3.05, 3.63) is 29.8 Å². The Labute approximate surface area is 156 Å². The van der Waals surface area contributed by atoms with E-state index >= 15 is 0 Å². The summed E-state index contributed by atoms with van der Waals surface area (Å²) in [6, 6.07) is 3.31. The number of rotatable bonds is 5. The molecule has 148 valence electrons. The molecule has 2 atom stereocenters. The van der Waals surface area contributed by atoms with Gasteiger partial charge in [0.05, 0.1) is 17.0 Å². The second-order valence-corrected chi connectivity index (χ2v) is 7.76. The topological polar surface area (TPSA) is 87.3 Å². The number of halogens is 4. The maximum Gasteiger partial charge on any atom is 0.416 e. The summed E-state index contributed by atoms with van der Waals surface area (Å²) in [5, 5.41) is 5.92. The van der Waals surface area contributed by atoms with E-state index in [9.17, 15) is 26.4 Å². The van der Waals surface area contributed by atoms with Crippen molar-refractivity contribution in [2.75, 3.05) is 19.6 Å². The highest BCUT2D eigenvalue weighted by Crippen LogP contribution is 2.30. The molecule has 1 aromatic rings. The van der Waals surface area contributed by atoms with Gasteiger partial charge < -0.3 is 10.6 Å². The average molecular weight is 416 g/mol. The number of hydrogen-bond donors (Lipinski definition) is 3. The van der Waals surface area contributed by atoms with Gasteiger partial charge in [-0.25, -0.2) is 13.1 Å². The molecule has 0 aliphatic carbocycles. The fraction of sp³-hybridized carbons (Fsp3) is 0.533. The first-order chi connectivity index (χ1) is 11.6. The van der Waals surface area contributed by atoms with Crippen LogP contribution in [0.1, 0.15) is 18.9 Å². The van der Waals surface area contributed by atoms with E-state index in [1.165, 1.54) is 0 Å². The molecule has 26 heavy (non-hydrogen) atoms. The third-order valence-corrected chi connectivity index (χ3v) is 5.43. The van der Waals surface area contributed by atoms with E-state index in [1.54, 1.807) is 0 Å². The third-order valence-electron chi connectivity index (χ3n) is 4.03. The molecule has 0 spiro atoms. The van der Waals surface area contributed by atoms with Crippen LogP contribution in [-0.2, 0) is 21.0 Å². The number of carbonyl (C=O) groups is 1. The lowest BCUT2D eigenvalue weighted by Crippen LogP contribution is -2.50. The molecule has 1 aliphatic rings. The van der Waals surface area contributed by atoms with E-state index in [-0.39, 0.29) is 24.4 Å². The first-order valence-corrected chi connectivity index (χ1v) is 9.25. The number of amides is 1. The third kappa shape index (κ3) is 6.11. The van der Waals surface area contributed by atoms with Crippen LogP contribution in [0.2, 0.25) is 0 Å². The van der Waals surface area contributed by atoms with Crippen LogP contribution in [0, 0.1) is 5.92 Å². The van der Waals surface area contributed by atoms with Gasteiger partial charge in [0.2, 0.25) is 15.9 Å². The molecule has 11 heteroatoms. The molecular weight excluding hydrogens is 395 g/mol. The Balaban J connectivity index is 0.00000338. The Morgan fingerprint density at radius 1 is 1.35 bits per heavy atom. The summed E-state index contributed by atoms with van der Waals surface area (Å²) in [6.45, 7) is 2.94. The molecule has 0 radical (unpaired) electrons. The molecule has 1 aliphatic heterocycles. The van der Waals surface area contributed by atoms with Crippen molar-refractivity contribution in [1.82, 2.24) is 15.4 Å². The molecule has 1 amide bonds. The zero-order valence-corrected chi connectivity index (χ0v) is 15.6. The van der Waals surface area contributed by atoms with Gasteiger partial charge in [0.15, 0.2) is 0 Å². The first kappa shape index (κ1) is 22.7. The van der Waals surface area contributed by atoms with Crippen molar-refractivity contribution in [1.29, 1.82) is 0 Å². The quantitative estimate of drug-likeness (QED) is 0.680. The van der Waals surface area contributed by atoms with E-state index < -0.39 is 39.1 Å². The van der Waals surface area contributed by atoms with Crippen LogP contribution < -0.4 is 15.4 Å². The molecular formula is C15H21ClF3N3O3S. The highest BCUT2D eigenvalue weighted by Gasteiger charge is 2.31. The number of carbonyl (C=O) groups excluding carboxylic acids is 1. The normalized spacial score (nSPS) is 20.9. The van der Waals surface area contributed by atoms with Crippen LogP contribution in [0.5, 0.6) is 0 Å².